The van der Waals surface area contributed by atoms with Gasteiger partial charge in [-0.2, -0.15) is 0 Å². The van der Waals surface area contributed by atoms with Gasteiger partial charge in [0.25, 0.3) is 0 Å². The maximum Gasteiger partial charge on any atom is 0.229 e. The van der Waals surface area contributed by atoms with Gasteiger partial charge in [-0.1, -0.05) is 0 Å². The lowest BCUT2D eigenvalue weighted by Crippen LogP contribution is -2.39. The molecule has 1 unspecified atom stereocenters. The van der Waals surface area contributed by atoms with Crippen molar-refractivity contribution in [3.05, 3.63) is 0 Å². The molecule has 0 aromatic rings. The van der Waals surface area contributed by atoms with Gasteiger partial charge in [0.15, 0.2) is 0 Å². The number of hydrogen-bond donors (Lipinski definition) is 1. The normalized spacial score (nSPS) is 12.7. The van der Waals surface area contributed by atoms with E-state index in [1.54, 1.807) is 0 Å². The fourth-order valence-corrected chi connectivity index (χ4v) is 1.25. The van der Waals surface area contributed by atoms with E-state index >= 15 is 0 Å². The summed E-state index contributed by atoms with van der Waals surface area (Å²) < 4.78 is 0. The van der Waals surface area contributed by atoms with E-state index in [9.17, 15) is 4.79 Å². The summed E-state index contributed by atoms with van der Waals surface area (Å²) in [6.07, 6.45) is 1.02. The second-order valence-corrected chi connectivity index (χ2v) is 6.04. The van der Waals surface area contributed by atoms with Gasteiger partial charge < -0.3 is 10.2 Å². The summed E-state index contributed by atoms with van der Waals surface area (Å²) in [5.41, 5.74) is 0. The predicted molar refractivity (Wildman–Crippen MR) is 64.5 cm³/mol. The van der Waals surface area contributed by atoms with Crippen LogP contribution in [-0.2, 0) is 4.79 Å². The van der Waals surface area contributed by atoms with E-state index in [0.717, 1.165) is 19.5 Å². The second-order valence-electron chi connectivity index (χ2n) is 4.29. The Bertz CT molecular complexity index is 181. The van der Waals surface area contributed by atoms with Crippen molar-refractivity contribution in [3.63, 3.8) is 0 Å². The predicted octanol–water partition coefficient (Wildman–Crippen LogP) is 1.14. The molecule has 0 fully saturated rings. The third-order valence-electron chi connectivity index (χ3n) is 2.26. The van der Waals surface area contributed by atoms with Crippen LogP contribution in [0.1, 0.15) is 20.3 Å². The summed E-state index contributed by atoms with van der Waals surface area (Å²) in [6.45, 7) is 7.86. The van der Waals surface area contributed by atoms with Gasteiger partial charge in [0.2, 0.25) is 5.91 Å². The highest BCUT2D eigenvalue weighted by molar-refractivity contribution is 7.40. The Balaban J connectivity index is 3.64. The third-order valence-corrected chi connectivity index (χ3v) is 3.74. The monoisotopic (exact) mass is 218 g/mol. The molecule has 0 aromatic heterocycles. The molecule has 1 atom stereocenters. The minimum Gasteiger partial charge on any atom is -0.355 e. The average Bonchev–Trinajstić information content (AvgIpc) is 2.11. The van der Waals surface area contributed by atoms with Crippen molar-refractivity contribution in [3.8, 4) is 0 Å². The van der Waals surface area contributed by atoms with Crippen molar-refractivity contribution < 1.29 is 4.79 Å². The Hall–Kier alpha value is -0.140. The Morgan fingerprint density at radius 2 is 2.00 bits per heavy atom. The number of nitrogens with one attached hydrogen (secondary N) is 1. The molecule has 84 valence electrons. The Kier molecular flexibility index (Phi) is 6.30. The van der Waals surface area contributed by atoms with Crippen molar-refractivity contribution in [2.45, 2.75) is 25.4 Å². The van der Waals surface area contributed by atoms with E-state index in [0.29, 0.717) is 8.58 Å². The van der Waals surface area contributed by atoms with Gasteiger partial charge in [-0.15, -0.1) is 8.58 Å². The van der Waals surface area contributed by atoms with E-state index in [2.05, 4.69) is 16.9 Å². The van der Waals surface area contributed by atoms with Crippen molar-refractivity contribution in [2.24, 2.45) is 0 Å². The van der Waals surface area contributed by atoms with Crippen molar-refractivity contribution in [1.82, 2.24) is 10.2 Å². The van der Waals surface area contributed by atoms with Crippen LogP contribution in [0.25, 0.3) is 0 Å². The van der Waals surface area contributed by atoms with Gasteiger partial charge in [-0.25, -0.2) is 0 Å². The van der Waals surface area contributed by atoms with Gasteiger partial charge in [0.1, 0.15) is 0 Å². The fraction of sp³-hybridized carbons (Fsp3) is 0.900. The summed E-state index contributed by atoms with van der Waals surface area (Å²) >= 11 is 0. The number of carbonyl (C=O) groups is 1. The molecule has 1 N–H and O–H groups in total. The summed E-state index contributed by atoms with van der Waals surface area (Å²) in [6, 6.07) is 0. The van der Waals surface area contributed by atoms with Crippen LogP contribution in [0, 0.1) is 0 Å². The van der Waals surface area contributed by atoms with Crippen LogP contribution in [0.3, 0.4) is 0 Å². The molecule has 0 radical (unpaired) electrons. The van der Waals surface area contributed by atoms with E-state index in [4.69, 9.17) is 0 Å². The molecule has 0 heterocycles. The first-order valence-corrected chi connectivity index (χ1v) is 6.52. The molecule has 0 aliphatic carbocycles. The highest BCUT2D eigenvalue weighted by atomic mass is 31.1. The standard InChI is InChI=1S/C10H23N2OP/c1-10(2,14-5)9(13)11-7-6-8-12(3)4/h14H,6-8H2,1-5H3,(H,11,13). The SMILES string of the molecule is CPC(C)(C)C(=O)NCCCN(C)C. The number of rotatable bonds is 6. The van der Waals surface area contributed by atoms with Crippen molar-refractivity contribution in [1.29, 1.82) is 0 Å². The second kappa shape index (κ2) is 6.36. The molecule has 0 saturated carbocycles. The Morgan fingerprint density at radius 3 is 2.43 bits per heavy atom. The summed E-state index contributed by atoms with van der Waals surface area (Å²) in [5.74, 6) is 0.178. The molecule has 0 spiro atoms. The maximum absolute atomic E-state index is 11.6. The van der Waals surface area contributed by atoms with E-state index in [-0.39, 0.29) is 11.1 Å². The Labute approximate surface area is 89.4 Å². The molecule has 0 saturated heterocycles. The highest BCUT2D eigenvalue weighted by Gasteiger charge is 2.24. The van der Waals surface area contributed by atoms with Gasteiger partial charge in [0.05, 0.1) is 5.16 Å². The molecule has 0 aromatic carbocycles. The van der Waals surface area contributed by atoms with Crippen LogP contribution in [0.15, 0.2) is 0 Å². The third kappa shape index (κ3) is 5.56. The van der Waals surface area contributed by atoms with Crippen LogP contribution < -0.4 is 5.32 Å². The summed E-state index contributed by atoms with van der Waals surface area (Å²) in [7, 11) is 4.73. The van der Waals surface area contributed by atoms with Gasteiger partial charge in [0, 0.05) is 6.54 Å². The van der Waals surface area contributed by atoms with Gasteiger partial charge >= 0.3 is 0 Å². The molecule has 3 nitrogen and oxygen atoms in total. The highest BCUT2D eigenvalue weighted by Crippen LogP contribution is 2.27. The van der Waals surface area contributed by atoms with Crippen LogP contribution in [-0.4, -0.2) is 49.8 Å². The van der Waals surface area contributed by atoms with Gasteiger partial charge in [-0.05, 0) is 47.6 Å². The van der Waals surface area contributed by atoms with E-state index in [1.165, 1.54) is 0 Å². The zero-order chi connectivity index (χ0) is 11.2. The molecule has 0 aliphatic rings. The first-order chi connectivity index (χ1) is 6.40. The molecule has 0 aliphatic heterocycles. The zero-order valence-corrected chi connectivity index (χ0v) is 11.0. The molecule has 0 rings (SSSR count). The fourth-order valence-electron chi connectivity index (χ4n) is 0.932. The van der Waals surface area contributed by atoms with Crippen LogP contribution in [0.2, 0.25) is 0 Å². The van der Waals surface area contributed by atoms with Crippen LogP contribution in [0.4, 0.5) is 0 Å². The molecule has 0 bridgehead atoms. The first-order valence-electron chi connectivity index (χ1n) is 5.02. The summed E-state index contributed by atoms with van der Waals surface area (Å²) in [4.78, 5) is 13.7. The topological polar surface area (TPSA) is 32.3 Å². The lowest BCUT2D eigenvalue weighted by molar-refractivity contribution is -0.122. The quantitative estimate of drug-likeness (QED) is 0.535. The smallest absolute Gasteiger partial charge is 0.229 e. The lowest BCUT2D eigenvalue weighted by atomic mass is 10.2. The van der Waals surface area contributed by atoms with E-state index < -0.39 is 0 Å². The molecule has 14 heavy (non-hydrogen) atoms. The maximum atomic E-state index is 11.6. The minimum atomic E-state index is -0.196. The average molecular weight is 218 g/mol. The molecule has 1 amide bonds. The number of amides is 1. The van der Waals surface area contributed by atoms with Gasteiger partial charge in [-0.3, -0.25) is 4.79 Å². The number of carbonyl (C=O) groups excluding carboxylic acids is 1. The Morgan fingerprint density at radius 1 is 1.43 bits per heavy atom. The number of nitrogens with zero attached hydrogens (tertiary/aromatic N) is 1. The van der Waals surface area contributed by atoms with Crippen molar-refractivity contribution in [2.75, 3.05) is 33.8 Å². The van der Waals surface area contributed by atoms with Crippen molar-refractivity contribution >= 4 is 14.5 Å². The lowest BCUT2D eigenvalue weighted by Gasteiger charge is -2.21. The first kappa shape index (κ1) is 13.9. The van der Waals surface area contributed by atoms with E-state index in [1.807, 2.05) is 27.9 Å². The zero-order valence-electron chi connectivity index (χ0n) is 9.98. The minimum absolute atomic E-state index is 0.178. The summed E-state index contributed by atoms with van der Waals surface area (Å²) in [5, 5.41) is 2.77. The number of hydrogen-bond acceptors (Lipinski definition) is 2. The molecule has 4 heteroatoms. The molecular formula is C10H23N2OP. The van der Waals surface area contributed by atoms with Crippen LogP contribution >= 0.6 is 8.58 Å². The van der Waals surface area contributed by atoms with Crippen LogP contribution in [0.5, 0.6) is 0 Å². The molecular weight excluding hydrogens is 195 g/mol. The largest absolute Gasteiger partial charge is 0.355 e.